The fourth-order valence-corrected chi connectivity index (χ4v) is 4.53. The summed E-state index contributed by atoms with van der Waals surface area (Å²) in [5, 5.41) is 4.29. The summed E-state index contributed by atoms with van der Waals surface area (Å²) >= 11 is 0. The van der Waals surface area contributed by atoms with Gasteiger partial charge in [-0.05, 0) is 43.3 Å². The molecule has 3 aromatic rings. The van der Waals surface area contributed by atoms with Gasteiger partial charge in [0.1, 0.15) is 4.90 Å². The van der Waals surface area contributed by atoms with Gasteiger partial charge >= 0.3 is 0 Å². The molecule has 0 aliphatic carbocycles. The molecule has 0 amide bonds. The Balaban J connectivity index is 1.79. The van der Waals surface area contributed by atoms with E-state index in [2.05, 4.69) is 21.3 Å². The van der Waals surface area contributed by atoms with Crippen LogP contribution in [0, 0.1) is 0 Å². The van der Waals surface area contributed by atoms with E-state index in [9.17, 15) is 8.42 Å². The lowest BCUT2D eigenvalue weighted by atomic mass is 10.2. The zero-order valence-electron chi connectivity index (χ0n) is 13.8. The van der Waals surface area contributed by atoms with Gasteiger partial charge in [-0.15, -0.1) is 0 Å². The lowest BCUT2D eigenvalue weighted by molar-refractivity contribution is 0.588. The first-order chi connectivity index (χ1) is 12.2. The Hall–Kier alpha value is -2.38. The van der Waals surface area contributed by atoms with Gasteiger partial charge in [0.2, 0.25) is 0 Å². The highest BCUT2D eigenvalue weighted by molar-refractivity contribution is 7.90. The highest BCUT2D eigenvalue weighted by Gasteiger charge is 2.20. The molecule has 3 heterocycles. The minimum Gasteiger partial charge on any atom is -0.370 e. The Morgan fingerprint density at radius 2 is 2.00 bits per heavy atom. The topological polar surface area (TPSA) is 67.2 Å². The number of aromatic nitrogens is 2. The predicted molar refractivity (Wildman–Crippen MR) is 98.5 cm³/mol. The molecular formula is C18H20N4O2S. The maximum absolute atomic E-state index is 13.0. The maximum atomic E-state index is 13.0. The summed E-state index contributed by atoms with van der Waals surface area (Å²) in [5.74, 6) is 0. The number of pyridine rings is 1. The quantitative estimate of drug-likeness (QED) is 0.778. The average molecular weight is 356 g/mol. The molecule has 0 unspecified atom stereocenters. The van der Waals surface area contributed by atoms with E-state index < -0.39 is 10.0 Å². The first-order valence-corrected chi connectivity index (χ1v) is 9.83. The summed E-state index contributed by atoms with van der Waals surface area (Å²) in [4.78, 5) is 6.43. The molecule has 25 heavy (non-hydrogen) atoms. The van der Waals surface area contributed by atoms with Crippen LogP contribution in [0.4, 0.5) is 5.69 Å². The standard InChI is InChI=1S/C18H20N4O2S/c23-25(24,17-3-1-7-20-14-17)22-11-6-15-4-5-16(13-18(15)22)21-10-2-8-19-9-12-21/h1,3-7,11,13-14,19H,2,8-10,12H2. The molecule has 1 fully saturated rings. The van der Waals surface area contributed by atoms with Crippen LogP contribution in [-0.2, 0) is 10.0 Å². The van der Waals surface area contributed by atoms with Crippen molar-refractivity contribution in [3.05, 3.63) is 55.0 Å². The van der Waals surface area contributed by atoms with Gasteiger partial charge in [0.15, 0.2) is 0 Å². The van der Waals surface area contributed by atoms with E-state index in [0.717, 1.165) is 43.7 Å². The number of anilines is 1. The number of hydrogen-bond acceptors (Lipinski definition) is 5. The summed E-state index contributed by atoms with van der Waals surface area (Å²) in [6, 6.07) is 11.0. The minimum atomic E-state index is -3.65. The molecule has 0 atom stereocenters. The van der Waals surface area contributed by atoms with Crippen molar-refractivity contribution in [1.29, 1.82) is 0 Å². The van der Waals surface area contributed by atoms with Gasteiger partial charge in [-0.1, -0.05) is 6.07 Å². The molecule has 4 rings (SSSR count). The van der Waals surface area contributed by atoms with Crippen LogP contribution in [0.25, 0.3) is 10.9 Å². The van der Waals surface area contributed by atoms with Gasteiger partial charge < -0.3 is 10.2 Å². The Morgan fingerprint density at radius 3 is 2.84 bits per heavy atom. The largest absolute Gasteiger partial charge is 0.370 e. The number of benzene rings is 1. The van der Waals surface area contributed by atoms with Gasteiger partial charge in [-0.3, -0.25) is 4.98 Å². The van der Waals surface area contributed by atoms with E-state index >= 15 is 0 Å². The van der Waals surface area contributed by atoms with Gasteiger partial charge in [0, 0.05) is 49.3 Å². The van der Waals surface area contributed by atoms with Gasteiger partial charge in [0.05, 0.1) is 5.52 Å². The van der Waals surface area contributed by atoms with E-state index in [-0.39, 0.29) is 4.90 Å². The highest BCUT2D eigenvalue weighted by Crippen LogP contribution is 2.26. The van der Waals surface area contributed by atoms with Crippen molar-refractivity contribution in [1.82, 2.24) is 14.3 Å². The van der Waals surface area contributed by atoms with E-state index in [1.54, 1.807) is 24.5 Å². The molecular weight excluding hydrogens is 336 g/mol. The van der Waals surface area contributed by atoms with Crippen LogP contribution in [0.1, 0.15) is 6.42 Å². The third kappa shape index (κ3) is 3.01. The van der Waals surface area contributed by atoms with Crippen molar-refractivity contribution in [3.63, 3.8) is 0 Å². The molecule has 1 aliphatic heterocycles. The third-order valence-electron chi connectivity index (χ3n) is 4.54. The summed E-state index contributed by atoms with van der Waals surface area (Å²) in [7, 11) is -3.65. The second kappa shape index (κ2) is 6.50. The van der Waals surface area contributed by atoms with Crippen LogP contribution >= 0.6 is 0 Å². The van der Waals surface area contributed by atoms with Crippen molar-refractivity contribution in [2.24, 2.45) is 0 Å². The van der Waals surface area contributed by atoms with Gasteiger partial charge in [-0.25, -0.2) is 12.4 Å². The van der Waals surface area contributed by atoms with Crippen LogP contribution < -0.4 is 10.2 Å². The summed E-state index contributed by atoms with van der Waals surface area (Å²) in [6.45, 7) is 3.84. The Labute approximate surface area is 147 Å². The van der Waals surface area contributed by atoms with E-state index in [1.807, 2.05) is 18.2 Å². The lowest BCUT2D eigenvalue weighted by Gasteiger charge is -2.22. The molecule has 0 radical (unpaired) electrons. The van der Waals surface area contributed by atoms with Gasteiger partial charge in [0.25, 0.3) is 10.0 Å². The number of rotatable bonds is 3. The van der Waals surface area contributed by atoms with Crippen molar-refractivity contribution in [2.75, 3.05) is 31.1 Å². The van der Waals surface area contributed by atoms with Crippen molar-refractivity contribution >= 4 is 26.6 Å². The summed E-state index contributed by atoms with van der Waals surface area (Å²) in [6.07, 6.45) is 5.64. The Morgan fingerprint density at radius 1 is 1.08 bits per heavy atom. The van der Waals surface area contributed by atoms with Crippen molar-refractivity contribution in [2.45, 2.75) is 11.3 Å². The van der Waals surface area contributed by atoms with Gasteiger partial charge in [-0.2, -0.15) is 0 Å². The Bertz CT molecular complexity index is 975. The average Bonchev–Trinajstić information content (AvgIpc) is 2.88. The molecule has 1 N–H and O–H groups in total. The van der Waals surface area contributed by atoms with E-state index in [1.165, 1.54) is 10.2 Å². The van der Waals surface area contributed by atoms with Crippen LogP contribution in [0.3, 0.4) is 0 Å². The minimum absolute atomic E-state index is 0.192. The summed E-state index contributed by atoms with van der Waals surface area (Å²) in [5.41, 5.74) is 1.75. The fraction of sp³-hybridized carbons (Fsp3) is 0.278. The molecule has 7 heteroatoms. The second-order valence-corrected chi connectivity index (χ2v) is 7.95. The van der Waals surface area contributed by atoms with Crippen molar-refractivity contribution < 1.29 is 8.42 Å². The molecule has 1 aliphatic rings. The van der Waals surface area contributed by atoms with E-state index in [0.29, 0.717) is 5.52 Å². The second-order valence-electron chi connectivity index (χ2n) is 6.14. The number of fused-ring (bicyclic) bond motifs is 1. The molecule has 1 saturated heterocycles. The lowest BCUT2D eigenvalue weighted by Crippen LogP contribution is -2.27. The summed E-state index contributed by atoms with van der Waals surface area (Å²) < 4.78 is 27.2. The van der Waals surface area contributed by atoms with Crippen LogP contribution in [0.2, 0.25) is 0 Å². The molecule has 6 nitrogen and oxygen atoms in total. The normalized spacial score (nSPS) is 16.1. The molecule has 2 aromatic heterocycles. The first kappa shape index (κ1) is 16.1. The molecule has 0 spiro atoms. The molecule has 1 aromatic carbocycles. The Kier molecular flexibility index (Phi) is 4.19. The smallest absolute Gasteiger partial charge is 0.269 e. The zero-order chi connectivity index (χ0) is 17.3. The third-order valence-corrected chi connectivity index (χ3v) is 6.21. The van der Waals surface area contributed by atoms with E-state index in [4.69, 9.17) is 0 Å². The predicted octanol–water partition coefficient (Wildman–Crippen LogP) is 2.07. The fourth-order valence-electron chi connectivity index (χ4n) is 3.22. The van der Waals surface area contributed by atoms with Crippen LogP contribution in [0.15, 0.2) is 59.9 Å². The monoisotopic (exact) mass is 356 g/mol. The molecule has 0 saturated carbocycles. The number of hydrogen-bond donors (Lipinski definition) is 1. The van der Waals surface area contributed by atoms with Crippen LogP contribution in [-0.4, -0.2) is 43.6 Å². The van der Waals surface area contributed by atoms with Crippen LogP contribution in [0.5, 0.6) is 0 Å². The maximum Gasteiger partial charge on any atom is 0.269 e. The first-order valence-electron chi connectivity index (χ1n) is 8.39. The highest BCUT2D eigenvalue weighted by atomic mass is 32.2. The SMILES string of the molecule is O=S(=O)(c1cccnc1)n1ccc2ccc(N3CCCNCC3)cc21. The van der Waals surface area contributed by atoms with Crippen molar-refractivity contribution in [3.8, 4) is 0 Å². The number of nitrogens with zero attached hydrogens (tertiary/aromatic N) is 3. The number of nitrogens with one attached hydrogen (secondary N) is 1. The molecule has 0 bridgehead atoms. The zero-order valence-corrected chi connectivity index (χ0v) is 14.6. The molecule has 130 valence electrons.